The van der Waals surface area contributed by atoms with Gasteiger partial charge < -0.3 is 15.4 Å². The Labute approximate surface area is 144 Å². The van der Waals surface area contributed by atoms with Crippen LogP contribution in [0.2, 0.25) is 0 Å². The number of nitrogens with one attached hydrogen (secondary N) is 2. The highest BCUT2D eigenvalue weighted by molar-refractivity contribution is 7.80. The van der Waals surface area contributed by atoms with Crippen molar-refractivity contribution in [3.63, 3.8) is 0 Å². The van der Waals surface area contributed by atoms with E-state index in [9.17, 15) is 0 Å². The number of benzene rings is 2. The molecule has 3 nitrogen and oxygen atoms in total. The molecule has 4 heteroatoms. The monoisotopic (exact) mass is 328 g/mol. The molecule has 0 aliphatic carbocycles. The molecule has 1 atom stereocenters. The normalized spacial score (nSPS) is 11.9. The van der Waals surface area contributed by atoms with Crippen molar-refractivity contribution in [3.05, 3.63) is 59.7 Å². The van der Waals surface area contributed by atoms with E-state index in [-0.39, 0.29) is 6.04 Å². The molecule has 122 valence electrons. The van der Waals surface area contributed by atoms with E-state index in [1.165, 1.54) is 11.1 Å². The van der Waals surface area contributed by atoms with Crippen molar-refractivity contribution in [1.82, 2.24) is 5.32 Å². The summed E-state index contributed by atoms with van der Waals surface area (Å²) in [6.07, 6.45) is 0. The fraction of sp³-hybridized carbons (Fsp3) is 0.316. The number of ether oxygens (including phenoxy) is 1. The first-order chi connectivity index (χ1) is 11.0. The average Bonchev–Trinajstić information content (AvgIpc) is 2.54. The van der Waals surface area contributed by atoms with Crippen molar-refractivity contribution >= 4 is 23.0 Å². The Kier molecular flexibility index (Phi) is 5.99. The van der Waals surface area contributed by atoms with Crippen LogP contribution in [0.1, 0.15) is 43.9 Å². The highest BCUT2D eigenvalue weighted by atomic mass is 32.1. The predicted molar refractivity (Wildman–Crippen MR) is 101 cm³/mol. The summed E-state index contributed by atoms with van der Waals surface area (Å²) in [5.74, 6) is 1.35. The standard InChI is InChI=1S/C19H24N2OS/c1-13(2)15-8-10-16(11-9-15)14(3)20-19(23)21-17-6-5-7-18(12-17)22-4/h5-14H,1-4H3,(H2,20,21,23). The first kappa shape index (κ1) is 17.3. The van der Waals surface area contributed by atoms with Crippen molar-refractivity contribution < 1.29 is 4.74 Å². The molecule has 2 N–H and O–H groups in total. The largest absolute Gasteiger partial charge is 0.497 e. The summed E-state index contributed by atoms with van der Waals surface area (Å²) in [6, 6.07) is 16.5. The van der Waals surface area contributed by atoms with Gasteiger partial charge in [-0.05, 0) is 48.3 Å². The first-order valence-corrected chi connectivity index (χ1v) is 8.22. The van der Waals surface area contributed by atoms with Gasteiger partial charge in [0.15, 0.2) is 5.11 Å². The fourth-order valence-electron chi connectivity index (χ4n) is 2.32. The molecule has 0 heterocycles. The molecule has 23 heavy (non-hydrogen) atoms. The second-order valence-electron chi connectivity index (χ2n) is 5.87. The van der Waals surface area contributed by atoms with Crippen LogP contribution in [-0.2, 0) is 0 Å². The molecule has 0 radical (unpaired) electrons. The zero-order valence-corrected chi connectivity index (χ0v) is 14.9. The van der Waals surface area contributed by atoms with Gasteiger partial charge in [-0.2, -0.15) is 0 Å². The van der Waals surface area contributed by atoms with Gasteiger partial charge in [0.1, 0.15) is 5.75 Å². The molecule has 0 aliphatic heterocycles. The molecule has 1 unspecified atom stereocenters. The number of hydrogen-bond donors (Lipinski definition) is 2. The van der Waals surface area contributed by atoms with Gasteiger partial charge in [0.2, 0.25) is 0 Å². The maximum atomic E-state index is 5.40. The minimum Gasteiger partial charge on any atom is -0.497 e. The van der Waals surface area contributed by atoms with E-state index in [0.717, 1.165) is 11.4 Å². The van der Waals surface area contributed by atoms with Crippen molar-refractivity contribution in [1.29, 1.82) is 0 Å². The fourth-order valence-corrected chi connectivity index (χ4v) is 2.61. The van der Waals surface area contributed by atoms with E-state index in [1.54, 1.807) is 7.11 Å². The zero-order valence-electron chi connectivity index (χ0n) is 14.1. The summed E-state index contributed by atoms with van der Waals surface area (Å²) in [4.78, 5) is 0. The maximum absolute atomic E-state index is 5.40. The van der Waals surface area contributed by atoms with Crippen LogP contribution < -0.4 is 15.4 Å². The molecule has 0 amide bonds. The number of thiocarbonyl (C=S) groups is 1. The highest BCUT2D eigenvalue weighted by Crippen LogP contribution is 2.19. The van der Waals surface area contributed by atoms with E-state index in [1.807, 2.05) is 24.3 Å². The van der Waals surface area contributed by atoms with Crippen molar-refractivity contribution in [2.24, 2.45) is 0 Å². The number of anilines is 1. The molecular formula is C19H24N2OS. The Bertz CT molecular complexity index is 653. The Balaban J connectivity index is 1.96. The summed E-state index contributed by atoms with van der Waals surface area (Å²) in [5.41, 5.74) is 3.46. The predicted octanol–water partition coefficient (Wildman–Crippen LogP) is 4.87. The molecule has 0 aromatic heterocycles. The third-order valence-corrected chi connectivity index (χ3v) is 4.00. The average molecular weight is 328 g/mol. The summed E-state index contributed by atoms with van der Waals surface area (Å²) in [5, 5.41) is 7.09. The van der Waals surface area contributed by atoms with E-state index >= 15 is 0 Å². The lowest BCUT2D eigenvalue weighted by atomic mass is 10.00. The zero-order chi connectivity index (χ0) is 16.8. The molecule has 0 spiro atoms. The SMILES string of the molecule is COc1cccc(NC(=S)NC(C)c2ccc(C(C)C)cc2)c1. The Morgan fingerprint density at radius 3 is 2.26 bits per heavy atom. The molecule has 0 fully saturated rings. The number of hydrogen-bond acceptors (Lipinski definition) is 2. The van der Waals surface area contributed by atoms with Crippen LogP contribution in [0.25, 0.3) is 0 Å². The summed E-state index contributed by atoms with van der Waals surface area (Å²) >= 11 is 5.40. The second kappa shape index (κ2) is 7.97. The second-order valence-corrected chi connectivity index (χ2v) is 6.28. The van der Waals surface area contributed by atoms with Crippen molar-refractivity contribution in [3.8, 4) is 5.75 Å². The van der Waals surface area contributed by atoms with E-state index < -0.39 is 0 Å². The van der Waals surface area contributed by atoms with E-state index in [4.69, 9.17) is 17.0 Å². The lowest BCUT2D eigenvalue weighted by Crippen LogP contribution is -2.30. The lowest BCUT2D eigenvalue weighted by molar-refractivity contribution is 0.415. The highest BCUT2D eigenvalue weighted by Gasteiger charge is 2.08. The lowest BCUT2D eigenvalue weighted by Gasteiger charge is -2.18. The van der Waals surface area contributed by atoms with Crippen LogP contribution in [0.4, 0.5) is 5.69 Å². The quantitative estimate of drug-likeness (QED) is 0.768. The van der Waals surface area contributed by atoms with Crippen LogP contribution in [0, 0.1) is 0 Å². The minimum absolute atomic E-state index is 0.141. The minimum atomic E-state index is 0.141. The topological polar surface area (TPSA) is 33.3 Å². The summed E-state index contributed by atoms with van der Waals surface area (Å²) < 4.78 is 5.21. The third-order valence-electron chi connectivity index (χ3n) is 3.78. The summed E-state index contributed by atoms with van der Waals surface area (Å²) in [6.45, 7) is 6.50. The van der Waals surface area contributed by atoms with Gasteiger partial charge in [-0.3, -0.25) is 0 Å². The van der Waals surface area contributed by atoms with Crippen LogP contribution in [0.5, 0.6) is 5.75 Å². The number of methoxy groups -OCH3 is 1. The van der Waals surface area contributed by atoms with Gasteiger partial charge in [-0.25, -0.2) is 0 Å². The maximum Gasteiger partial charge on any atom is 0.171 e. The van der Waals surface area contributed by atoms with Gasteiger partial charge in [0.05, 0.1) is 13.2 Å². The Hall–Kier alpha value is -2.07. The molecule has 0 saturated heterocycles. The van der Waals surface area contributed by atoms with Crippen LogP contribution in [-0.4, -0.2) is 12.2 Å². The first-order valence-electron chi connectivity index (χ1n) is 7.81. The summed E-state index contributed by atoms with van der Waals surface area (Å²) in [7, 11) is 1.65. The molecule has 2 aromatic rings. The van der Waals surface area contributed by atoms with Gasteiger partial charge >= 0.3 is 0 Å². The van der Waals surface area contributed by atoms with Crippen molar-refractivity contribution in [2.75, 3.05) is 12.4 Å². The Morgan fingerprint density at radius 1 is 1.00 bits per heavy atom. The van der Waals surface area contributed by atoms with Gasteiger partial charge in [0, 0.05) is 11.8 Å². The molecule has 0 aliphatic rings. The molecule has 2 aromatic carbocycles. The Morgan fingerprint density at radius 2 is 1.65 bits per heavy atom. The number of rotatable bonds is 5. The van der Waals surface area contributed by atoms with E-state index in [2.05, 4.69) is 55.7 Å². The van der Waals surface area contributed by atoms with Crippen LogP contribution in [0.3, 0.4) is 0 Å². The van der Waals surface area contributed by atoms with Crippen LogP contribution in [0.15, 0.2) is 48.5 Å². The molecule has 0 saturated carbocycles. The van der Waals surface area contributed by atoms with Gasteiger partial charge in [-0.15, -0.1) is 0 Å². The van der Waals surface area contributed by atoms with Gasteiger partial charge in [0.25, 0.3) is 0 Å². The molecular weight excluding hydrogens is 304 g/mol. The van der Waals surface area contributed by atoms with Gasteiger partial charge in [-0.1, -0.05) is 44.2 Å². The van der Waals surface area contributed by atoms with Crippen LogP contribution >= 0.6 is 12.2 Å². The third kappa shape index (κ3) is 4.96. The smallest absolute Gasteiger partial charge is 0.171 e. The molecule has 2 rings (SSSR count). The van der Waals surface area contributed by atoms with Crippen molar-refractivity contribution in [2.45, 2.75) is 32.7 Å². The molecule has 0 bridgehead atoms. The van der Waals surface area contributed by atoms with E-state index in [0.29, 0.717) is 11.0 Å².